The number of nitrogens with one attached hydrogen (secondary N) is 1. The summed E-state index contributed by atoms with van der Waals surface area (Å²) in [5.74, 6) is 0.595. The molecule has 1 unspecified atom stereocenters. The largest absolute Gasteiger partial charge is 0.468 e. The molecular weight excluding hydrogens is 250 g/mol. The molecule has 1 aromatic rings. The third-order valence-electron chi connectivity index (χ3n) is 3.00. The van der Waals surface area contributed by atoms with E-state index in [1.807, 2.05) is 31.6 Å². The van der Waals surface area contributed by atoms with Gasteiger partial charge in [-0.25, -0.2) is 0 Å². The lowest BCUT2D eigenvalue weighted by atomic mass is 10.00. The molecule has 0 aliphatic heterocycles. The first kappa shape index (κ1) is 15.0. The molecule has 1 heterocycles. The molecule has 1 N–H and O–H groups in total. The molecule has 0 bridgehead atoms. The van der Waals surface area contributed by atoms with Gasteiger partial charge >= 0.3 is 5.97 Å². The lowest BCUT2D eigenvalue weighted by molar-refractivity contribution is -0.147. The minimum absolute atomic E-state index is 0.230. The lowest BCUT2D eigenvalue weighted by Gasteiger charge is -2.25. The Kier molecular flexibility index (Phi) is 5.22. The first-order valence-corrected chi connectivity index (χ1v) is 6.82. The number of hydrogen-bond donors (Lipinski definition) is 1. The number of esters is 1. The molecular formula is C12H21N3O2S. The molecule has 0 aromatic carbocycles. The van der Waals surface area contributed by atoms with Gasteiger partial charge in [-0.3, -0.25) is 9.48 Å². The fraction of sp³-hybridized carbons (Fsp3) is 0.667. The van der Waals surface area contributed by atoms with Crippen LogP contribution in [0.3, 0.4) is 0 Å². The number of thioether (sulfide) groups is 1. The molecule has 1 rings (SSSR count). The van der Waals surface area contributed by atoms with E-state index in [2.05, 4.69) is 10.4 Å². The van der Waals surface area contributed by atoms with Gasteiger partial charge in [0.2, 0.25) is 0 Å². The summed E-state index contributed by atoms with van der Waals surface area (Å²) in [6.45, 7) is 3.82. The SMILES string of the molecule is CNC(C)(CCSc1cc(C)nn1C)C(=O)OC. The number of aromatic nitrogens is 2. The van der Waals surface area contributed by atoms with Crippen LogP contribution in [0.25, 0.3) is 0 Å². The van der Waals surface area contributed by atoms with Crippen LogP contribution in [0.4, 0.5) is 0 Å². The fourth-order valence-corrected chi connectivity index (χ4v) is 2.84. The smallest absolute Gasteiger partial charge is 0.325 e. The number of nitrogens with zero attached hydrogens (tertiary/aromatic N) is 2. The van der Waals surface area contributed by atoms with Crippen LogP contribution in [0.5, 0.6) is 0 Å². The van der Waals surface area contributed by atoms with Crippen LogP contribution in [0.1, 0.15) is 19.0 Å². The van der Waals surface area contributed by atoms with Crippen LogP contribution < -0.4 is 5.32 Å². The van der Waals surface area contributed by atoms with Gasteiger partial charge in [0.1, 0.15) is 5.54 Å². The highest BCUT2D eigenvalue weighted by Gasteiger charge is 2.31. The topological polar surface area (TPSA) is 56.2 Å². The van der Waals surface area contributed by atoms with Crippen LogP contribution in [-0.4, -0.2) is 41.2 Å². The molecule has 0 saturated heterocycles. The second kappa shape index (κ2) is 6.24. The van der Waals surface area contributed by atoms with Crippen molar-refractivity contribution in [3.63, 3.8) is 0 Å². The standard InChI is InChI=1S/C12H21N3O2S/c1-9-8-10(15(4)14-9)18-7-6-12(2,13-3)11(16)17-5/h8,13H,6-7H2,1-5H3. The number of carbonyl (C=O) groups excluding carboxylic acids is 1. The Labute approximate surface area is 112 Å². The van der Waals surface area contributed by atoms with Gasteiger partial charge in [-0.15, -0.1) is 11.8 Å². The molecule has 0 radical (unpaired) electrons. The van der Waals surface area contributed by atoms with Gasteiger partial charge in [-0.1, -0.05) is 0 Å². The zero-order chi connectivity index (χ0) is 13.8. The zero-order valence-electron chi connectivity index (χ0n) is 11.6. The summed E-state index contributed by atoms with van der Waals surface area (Å²) >= 11 is 1.69. The highest BCUT2D eigenvalue weighted by atomic mass is 32.2. The molecule has 0 spiro atoms. The third kappa shape index (κ3) is 3.49. The number of hydrogen-bond acceptors (Lipinski definition) is 5. The normalized spacial score (nSPS) is 14.3. The van der Waals surface area contributed by atoms with Gasteiger partial charge in [0.25, 0.3) is 0 Å². The molecule has 102 valence electrons. The first-order chi connectivity index (χ1) is 8.42. The Hall–Kier alpha value is -1.01. The van der Waals surface area contributed by atoms with E-state index in [0.717, 1.165) is 16.5 Å². The van der Waals surface area contributed by atoms with Crippen molar-refractivity contribution in [3.8, 4) is 0 Å². The predicted molar refractivity (Wildman–Crippen MR) is 72.8 cm³/mol. The Morgan fingerprint density at radius 3 is 2.78 bits per heavy atom. The Morgan fingerprint density at radius 1 is 1.67 bits per heavy atom. The number of aryl methyl sites for hydroxylation is 2. The van der Waals surface area contributed by atoms with Gasteiger partial charge in [-0.2, -0.15) is 5.10 Å². The highest BCUT2D eigenvalue weighted by molar-refractivity contribution is 7.99. The number of rotatable bonds is 6. The second-order valence-corrected chi connectivity index (χ2v) is 5.53. The molecule has 5 nitrogen and oxygen atoms in total. The summed E-state index contributed by atoms with van der Waals surface area (Å²) in [7, 11) is 5.11. The molecule has 0 fully saturated rings. The average Bonchev–Trinajstić information content (AvgIpc) is 2.66. The maximum absolute atomic E-state index is 11.7. The van der Waals surface area contributed by atoms with Crippen molar-refractivity contribution in [2.75, 3.05) is 19.9 Å². The Balaban J connectivity index is 2.54. The molecule has 1 atom stereocenters. The molecule has 6 heteroatoms. The fourth-order valence-electron chi connectivity index (χ4n) is 1.64. The van der Waals surface area contributed by atoms with Crippen molar-refractivity contribution in [1.82, 2.24) is 15.1 Å². The number of methoxy groups -OCH3 is 1. The quantitative estimate of drug-likeness (QED) is 0.625. The summed E-state index contributed by atoms with van der Waals surface area (Å²) in [5, 5.41) is 8.42. The summed E-state index contributed by atoms with van der Waals surface area (Å²) in [6, 6.07) is 2.04. The summed E-state index contributed by atoms with van der Waals surface area (Å²) in [5.41, 5.74) is 0.374. The van der Waals surface area contributed by atoms with Crippen molar-refractivity contribution in [1.29, 1.82) is 0 Å². The van der Waals surface area contributed by atoms with Gasteiger partial charge in [0.15, 0.2) is 0 Å². The Morgan fingerprint density at radius 2 is 2.33 bits per heavy atom. The summed E-state index contributed by atoms with van der Waals surface area (Å²) in [4.78, 5) is 11.7. The zero-order valence-corrected chi connectivity index (χ0v) is 12.4. The molecule has 0 aliphatic rings. The number of likely N-dealkylation sites (N-methyl/N-ethyl adjacent to an activating group) is 1. The highest BCUT2D eigenvalue weighted by Crippen LogP contribution is 2.22. The van der Waals surface area contributed by atoms with Crippen LogP contribution in [0.2, 0.25) is 0 Å². The maximum Gasteiger partial charge on any atom is 0.325 e. The number of ether oxygens (including phenoxy) is 1. The average molecular weight is 271 g/mol. The van der Waals surface area contributed by atoms with E-state index >= 15 is 0 Å². The van der Waals surface area contributed by atoms with Crippen molar-refractivity contribution >= 4 is 17.7 Å². The van der Waals surface area contributed by atoms with E-state index in [1.165, 1.54) is 7.11 Å². The molecule has 0 saturated carbocycles. The van der Waals surface area contributed by atoms with Crippen molar-refractivity contribution in [3.05, 3.63) is 11.8 Å². The minimum atomic E-state index is -0.630. The minimum Gasteiger partial charge on any atom is -0.468 e. The lowest BCUT2D eigenvalue weighted by Crippen LogP contribution is -2.48. The molecule has 0 amide bonds. The van der Waals surface area contributed by atoms with E-state index in [0.29, 0.717) is 6.42 Å². The predicted octanol–water partition coefficient (Wildman–Crippen LogP) is 1.36. The van der Waals surface area contributed by atoms with Crippen molar-refractivity contribution in [2.24, 2.45) is 7.05 Å². The monoisotopic (exact) mass is 271 g/mol. The van der Waals surface area contributed by atoms with E-state index in [9.17, 15) is 4.79 Å². The molecule has 1 aromatic heterocycles. The van der Waals surface area contributed by atoms with Crippen LogP contribution >= 0.6 is 11.8 Å². The summed E-state index contributed by atoms with van der Waals surface area (Å²) < 4.78 is 6.66. The van der Waals surface area contributed by atoms with Gasteiger partial charge in [-0.05, 0) is 33.4 Å². The molecule has 0 aliphatic carbocycles. The van der Waals surface area contributed by atoms with Gasteiger partial charge < -0.3 is 10.1 Å². The van der Waals surface area contributed by atoms with Gasteiger partial charge in [0, 0.05) is 12.8 Å². The van der Waals surface area contributed by atoms with Crippen molar-refractivity contribution < 1.29 is 9.53 Å². The van der Waals surface area contributed by atoms with E-state index < -0.39 is 5.54 Å². The van der Waals surface area contributed by atoms with Gasteiger partial charge in [0.05, 0.1) is 17.8 Å². The van der Waals surface area contributed by atoms with E-state index in [-0.39, 0.29) is 5.97 Å². The third-order valence-corrected chi connectivity index (χ3v) is 4.08. The first-order valence-electron chi connectivity index (χ1n) is 5.83. The molecule has 18 heavy (non-hydrogen) atoms. The summed E-state index contributed by atoms with van der Waals surface area (Å²) in [6.07, 6.45) is 0.699. The van der Waals surface area contributed by atoms with Crippen LogP contribution in [0, 0.1) is 6.92 Å². The van der Waals surface area contributed by atoms with Crippen molar-refractivity contribution in [2.45, 2.75) is 30.8 Å². The maximum atomic E-state index is 11.7. The Bertz CT molecular complexity index is 419. The van der Waals surface area contributed by atoms with E-state index in [1.54, 1.807) is 18.8 Å². The number of carbonyl (C=O) groups is 1. The van der Waals surface area contributed by atoms with Crippen LogP contribution in [0.15, 0.2) is 11.1 Å². The van der Waals surface area contributed by atoms with E-state index in [4.69, 9.17) is 4.74 Å². The second-order valence-electron chi connectivity index (χ2n) is 4.42. The van der Waals surface area contributed by atoms with Crippen LogP contribution in [-0.2, 0) is 16.6 Å².